The Morgan fingerprint density at radius 3 is 2.88 bits per heavy atom. The van der Waals surface area contributed by atoms with Gasteiger partial charge in [0.2, 0.25) is 5.88 Å². The lowest BCUT2D eigenvalue weighted by Gasteiger charge is -2.34. The zero-order valence-corrected chi connectivity index (χ0v) is 16.0. The van der Waals surface area contributed by atoms with Gasteiger partial charge in [0.15, 0.2) is 5.16 Å². The van der Waals surface area contributed by atoms with Crippen molar-refractivity contribution in [3.8, 4) is 29.0 Å². The minimum atomic E-state index is -0.175. The van der Waals surface area contributed by atoms with Crippen LogP contribution in [0.2, 0.25) is 0 Å². The second kappa shape index (κ2) is 7.38. The molecule has 0 spiro atoms. The maximum absolute atomic E-state index is 8.90. The molecule has 0 bridgehead atoms. The lowest BCUT2D eigenvalue weighted by molar-refractivity contribution is 0.327. The molecule has 134 valence electrons. The molecule has 3 rings (SSSR count). The zero-order chi connectivity index (χ0) is 18.7. The van der Waals surface area contributed by atoms with Crippen molar-refractivity contribution in [2.75, 3.05) is 19.5 Å². The van der Waals surface area contributed by atoms with E-state index in [2.05, 4.69) is 37.5 Å². The molecule has 2 aromatic rings. The third kappa shape index (κ3) is 3.40. The van der Waals surface area contributed by atoms with Gasteiger partial charge in [-0.3, -0.25) is 0 Å². The molecule has 0 saturated heterocycles. The molecule has 5 nitrogen and oxygen atoms in total. The van der Waals surface area contributed by atoms with Gasteiger partial charge in [-0.05, 0) is 24.1 Å². The Kier molecular flexibility index (Phi) is 5.19. The number of fused-ring (bicyclic) bond motifs is 3. The second-order valence-corrected chi connectivity index (χ2v) is 7.61. The predicted molar refractivity (Wildman–Crippen MR) is 103 cm³/mol. The first kappa shape index (κ1) is 18.3. The number of hydrogen-bond donors (Lipinski definition) is 0. The number of aromatic nitrogens is 2. The summed E-state index contributed by atoms with van der Waals surface area (Å²) in [6.45, 7) is 8.43. The average molecular weight is 367 g/mol. The molecule has 0 unspecified atom stereocenters. The zero-order valence-electron chi connectivity index (χ0n) is 15.2. The van der Waals surface area contributed by atoms with Crippen LogP contribution in [-0.4, -0.2) is 29.4 Å². The highest BCUT2D eigenvalue weighted by atomic mass is 32.2. The SMILES string of the molecule is C=CCOc1nc(SCC#N)nc2c1C(C)(C)Cc1ccc(OC)cc1-2. The molecule has 1 aromatic carbocycles. The van der Waals surface area contributed by atoms with Crippen LogP contribution < -0.4 is 9.47 Å². The summed E-state index contributed by atoms with van der Waals surface area (Å²) in [5.74, 6) is 1.63. The number of nitriles is 1. The van der Waals surface area contributed by atoms with Crippen LogP contribution in [-0.2, 0) is 11.8 Å². The van der Waals surface area contributed by atoms with Crippen LogP contribution in [0.3, 0.4) is 0 Å². The summed E-state index contributed by atoms with van der Waals surface area (Å²) in [7, 11) is 1.65. The summed E-state index contributed by atoms with van der Waals surface area (Å²) in [6, 6.07) is 8.19. The maximum Gasteiger partial charge on any atom is 0.222 e. The first-order valence-electron chi connectivity index (χ1n) is 8.33. The highest BCUT2D eigenvalue weighted by Gasteiger charge is 2.36. The Bertz CT molecular complexity index is 887. The lowest BCUT2D eigenvalue weighted by atomic mass is 9.72. The monoisotopic (exact) mass is 367 g/mol. The number of thioether (sulfide) groups is 1. The quantitative estimate of drug-likeness (QED) is 0.434. The molecule has 0 fully saturated rings. The molecule has 1 aromatic heterocycles. The fourth-order valence-electron chi connectivity index (χ4n) is 3.25. The molecule has 0 amide bonds. The van der Waals surface area contributed by atoms with E-state index in [4.69, 9.17) is 19.7 Å². The van der Waals surface area contributed by atoms with Crippen LogP contribution in [0.4, 0.5) is 0 Å². The Labute approximate surface area is 158 Å². The Morgan fingerprint density at radius 2 is 2.19 bits per heavy atom. The molecule has 1 aliphatic rings. The minimum absolute atomic E-state index is 0.175. The lowest BCUT2D eigenvalue weighted by Crippen LogP contribution is -2.28. The number of hydrogen-bond acceptors (Lipinski definition) is 6. The number of ether oxygens (including phenoxy) is 2. The molecular formula is C20H21N3O2S. The molecule has 0 radical (unpaired) electrons. The van der Waals surface area contributed by atoms with Gasteiger partial charge in [0.1, 0.15) is 12.4 Å². The smallest absolute Gasteiger partial charge is 0.222 e. The van der Waals surface area contributed by atoms with E-state index in [9.17, 15) is 0 Å². The van der Waals surface area contributed by atoms with Crippen molar-refractivity contribution in [1.29, 1.82) is 5.26 Å². The topological polar surface area (TPSA) is 68.0 Å². The van der Waals surface area contributed by atoms with E-state index in [1.165, 1.54) is 17.3 Å². The van der Waals surface area contributed by atoms with Crippen LogP contribution in [0.5, 0.6) is 11.6 Å². The van der Waals surface area contributed by atoms with Gasteiger partial charge in [0.05, 0.1) is 24.6 Å². The van der Waals surface area contributed by atoms with E-state index < -0.39 is 0 Å². The fraction of sp³-hybridized carbons (Fsp3) is 0.350. The summed E-state index contributed by atoms with van der Waals surface area (Å²) >= 11 is 1.31. The van der Waals surface area contributed by atoms with Crippen molar-refractivity contribution >= 4 is 11.8 Å². The van der Waals surface area contributed by atoms with Crippen molar-refractivity contribution in [1.82, 2.24) is 9.97 Å². The molecule has 6 heteroatoms. The second-order valence-electron chi connectivity index (χ2n) is 6.67. The highest BCUT2D eigenvalue weighted by Crippen LogP contribution is 2.47. The molecule has 0 N–H and O–H groups in total. The molecule has 0 saturated carbocycles. The first-order chi connectivity index (χ1) is 12.5. The molecule has 0 aliphatic heterocycles. The summed E-state index contributed by atoms with van der Waals surface area (Å²) in [6.07, 6.45) is 2.56. The Hall–Kier alpha value is -2.52. The van der Waals surface area contributed by atoms with Gasteiger partial charge >= 0.3 is 0 Å². The average Bonchev–Trinajstić information content (AvgIpc) is 2.63. The predicted octanol–water partition coefficient (Wildman–Crippen LogP) is 4.17. The van der Waals surface area contributed by atoms with Crippen molar-refractivity contribution in [3.63, 3.8) is 0 Å². The standard InChI is InChI=1S/C20H21N3O2S/c1-5-9-25-18-16-17(22-19(23-18)26-10-8-21)15-11-14(24-4)7-6-13(15)12-20(16,2)3/h5-7,11H,1,9-10,12H2,2-4H3. The fourth-order valence-corrected chi connectivity index (χ4v) is 3.75. The van der Waals surface area contributed by atoms with E-state index in [1.807, 2.05) is 12.1 Å². The van der Waals surface area contributed by atoms with E-state index in [0.717, 1.165) is 29.0 Å². The van der Waals surface area contributed by atoms with Gasteiger partial charge in [-0.1, -0.05) is 44.3 Å². The van der Waals surface area contributed by atoms with Gasteiger partial charge in [-0.15, -0.1) is 0 Å². The van der Waals surface area contributed by atoms with Crippen LogP contribution in [0.25, 0.3) is 11.3 Å². The number of methoxy groups -OCH3 is 1. The summed E-state index contributed by atoms with van der Waals surface area (Å²) in [5.41, 5.74) is 3.91. The van der Waals surface area contributed by atoms with Crippen LogP contribution >= 0.6 is 11.8 Å². The number of nitrogens with zero attached hydrogens (tertiary/aromatic N) is 3. The minimum Gasteiger partial charge on any atom is -0.497 e. The van der Waals surface area contributed by atoms with E-state index in [1.54, 1.807) is 13.2 Å². The highest BCUT2D eigenvalue weighted by molar-refractivity contribution is 7.99. The van der Waals surface area contributed by atoms with Crippen LogP contribution in [0, 0.1) is 11.3 Å². The van der Waals surface area contributed by atoms with Crippen molar-refractivity contribution in [2.24, 2.45) is 0 Å². The van der Waals surface area contributed by atoms with Gasteiger partial charge in [-0.25, -0.2) is 4.98 Å². The molecule has 26 heavy (non-hydrogen) atoms. The largest absolute Gasteiger partial charge is 0.497 e. The molecule has 0 atom stereocenters. The molecule has 1 aliphatic carbocycles. The normalized spacial score (nSPS) is 13.9. The van der Waals surface area contributed by atoms with Crippen molar-refractivity contribution in [3.05, 3.63) is 42.0 Å². The van der Waals surface area contributed by atoms with Crippen LogP contribution in [0.1, 0.15) is 25.0 Å². The maximum atomic E-state index is 8.90. The summed E-state index contributed by atoms with van der Waals surface area (Å²) < 4.78 is 11.3. The van der Waals surface area contributed by atoms with Crippen molar-refractivity contribution < 1.29 is 9.47 Å². The summed E-state index contributed by atoms with van der Waals surface area (Å²) in [5, 5.41) is 9.44. The van der Waals surface area contributed by atoms with Crippen LogP contribution in [0.15, 0.2) is 36.0 Å². The number of benzene rings is 1. The Balaban J connectivity index is 2.24. The Morgan fingerprint density at radius 1 is 1.38 bits per heavy atom. The third-order valence-corrected chi connectivity index (χ3v) is 5.05. The third-order valence-electron chi connectivity index (χ3n) is 4.34. The van der Waals surface area contributed by atoms with E-state index in [-0.39, 0.29) is 11.2 Å². The van der Waals surface area contributed by atoms with Gasteiger partial charge in [-0.2, -0.15) is 10.2 Å². The van der Waals surface area contributed by atoms with E-state index in [0.29, 0.717) is 17.6 Å². The molecular weight excluding hydrogens is 346 g/mol. The van der Waals surface area contributed by atoms with Gasteiger partial charge < -0.3 is 9.47 Å². The number of rotatable bonds is 6. The molecule has 1 heterocycles. The summed E-state index contributed by atoms with van der Waals surface area (Å²) in [4.78, 5) is 9.34. The van der Waals surface area contributed by atoms with Gasteiger partial charge in [0.25, 0.3) is 0 Å². The van der Waals surface area contributed by atoms with E-state index >= 15 is 0 Å². The van der Waals surface area contributed by atoms with Crippen molar-refractivity contribution in [2.45, 2.75) is 30.8 Å². The first-order valence-corrected chi connectivity index (χ1v) is 9.32. The van der Waals surface area contributed by atoms with Gasteiger partial charge in [0, 0.05) is 16.5 Å².